The Hall–Kier alpha value is -0.0900. The minimum atomic E-state index is 0.0805. The summed E-state index contributed by atoms with van der Waals surface area (Å²) in [4.78, 5) is 14.5. The summed E-state index contributed by atoms with van der Waals surface area (Å²) >= 11 is 13.2. The Morgan fingerprint density at radius 2 is 2.11 bits per heavy atom. The zero-order valence-electron chi connectivity index (χ0n) is 10.4. The third-order valence-electron chi connectivity index (χ3n) is 3.55. The van der Waals surface area contributed by atoms with Gasteiger partial charge in [0.05, 0.1) is 16.4 Å². The molecule has 1 aromatic heterocycles. The summed E-state index contributed by atoms with van der Waals surface area (Å²) < 4.78 is 1.08. The van der Waals surface area contributed by atoms with Crippen molar-refractivity contribution in [2.45, 2.75) is 38.6 Å². The van der Waals surface area contributed by atoms with Gasteiger partial charge in [0.2, 0.25) is 0 Å². The smallest absolute Gasteiger partial charge is 0.179 e. The van der Waals surface area contributed by atoms with E-state index in [1.807, 2.05) is 0 Å². The molecule has 1 aliphatic carbocycles. The van der Waals surface area contributed by atoms with Gasteiger partial charge < -0.3 is 0 Å². The number of ketones is 1. The van der Waals surface area contributed by atoms with Gasteiger partial charge in [0.25, 0.3) is 0 Å². The minimum absolute atomic E-state index is 0.0805. The molecule has 0 aliphatic heterocycles. The minimum Gasteiger partial charge on any atom is -0.293 e. The highest BCUT2D eigenvalue weighted by Crippen LogP contribution is 2.32. The van der Waals surface area contributed by atoms with E-state index in [1.165, 1.54) is 37.0 Å². The van der Waals surface area contributed by atoms with Gasteiger partial charge in [-0.3, -0.25) is 9.69 Å². The number of hydrogen-bond acceptors (Lipinski definition) is 3. The summed E-state index contributed by atoms with van der Waals surface area (Å²) in [6, 6.07) is 2.24. The molecule has 100 valence electrons. The molecule has 0 radical (unpaired) electrons. The van der Waals surface area contributed by atoms with Crippen molar-refractivity contribution in [3.05, 3.63) is 20.3 Å². The van der Waals surface area contributed by atoms with Gasteiger partial charge in [-0.1, -0.05) is 43.0 Å². The molecule has 0 aromatic carbocycles. The maximum absolute atomic E-state index is 12.2. The molecule has 1 saturated carbocycles. The topological polar surface area (TPSA) is 20.3 Å². The van der Waals surface area contributed by atoms with E-state index in [4.69, 9.17) is 23.2 Å². The predicted molar refractivity (Wildman–Crippen MR) is 78.2 cm³/mol. The van der Waals surface area contributed by atoms with E-state index < -0.39 is 0 Å². The number of carbonyl (C=O) groups is 1. The van der Waals surface area contributed by atoms with Crippen LogP contribution in [0.2, 0.25) is 8.67 Å². The van der Waals surface area contributed by atoms with Crippen molar-refractivity contribution < 1.29 is 4.79 Å². The van der Waals surface area contributed by atoms with Crippen molar-refractivity contribution in [2.75, 3.05) is 13.1 Å². The molecule has 2 rings (SSSR count). The van der Waals surface area contributed by atoms with Crippen molar-refractivity contribution in [3.8, 4) is 0 Å². The summed E-state index contributed by atoms with van der Waals surface area (Å²) in [7, 11) is 0. The van der Waals surface area contributed by atoms with E-state index >= 15 is 0 Å². The number of nitrogens with zero attached hydrogens (tertiary/aromatic N) is 1. The molecular formula is C13H17Cl2NOS. The highest BCUT2D eigenvalue weighted by molar-refractivity contribution is 7.20. The van der Waals surface area contributed by atoms with Crippen LogP contribution in [0.15, 0.2) is 6.07 Å². The van der Waals surface area contributed by atoms with Gasteiger partial charge in [-0.15, -0.1) is 11.3 Å². The highest BCUT2D eigenvalue weighted by atomic mass is 35.5. The van der Waals surface area contributed by atoms with Gasteiger partial charge in [0.15, 0.2) is 5.78 Å². The van der Waals surface area contributed by atoms with Crippen LogP contribution >= 0.6 is 34.5 Å². The SMILES string of the molecule is CCN(CC(=O)c1cc(Cl)sc1Cl)C1CCCC1. The van der Waals surface area contributed by atoms with E-state index in [0.717, 1.165) is 6.54 Å². The van der Waals surface area contributed by atoms with Crippen LogP contribution in [0.3, 0.4) is 0 Å². The number of thiophene rings is 1. The molecular weight excluding hydrogens is 289 g/mol. The number of halogens is 2. The zero-order chi connectivity index (χ0) is 13.1. The quantitative estimate of drug-likeness (QED) is 0.746. The lowest BCUT2D eigenvalue weighted by Gasteiger charge is -2.26. The lowest BCUT2D eigenvalue weighted by Crippen LogP contribution is -2.37. The maximum atomic E-state index is 12.2. The molecule has 0 N–H and O–H groups in total. The summed E-state index contributed by atoms with van der Waals surface area (Å²) in [5.74, 6) is 0.0805. The molecule has 1 heterocycles. The van der Waals surface area contributed by atoms with Gasteiger partial charge >= 0.3 is 0 Å². The van der Waals surface area contributed by atoms with Crippen molar-refractivity contribution >= 4 is 40.3 Å². The average Bonchev–Trinajstić information content (AvgIpc) is 2.95. The number of likely N-dealkylation sites (N-methyl/N-ethyl adjacent to an activating group) is 1. The molecule has 2 nitrogen and oxygen atoms in total. The van der Waals surface area contributed by atoms with E-state index in [-0.39, 0.29) is 5.78 Å². The van der Waals surface area contributed by atoms with Gasteiger partial charge in [0.1, 0.15) is 4.34 Å². The molecule has 0 spiro atoms. The molecule has 18 heavy (non-hydrogen) atoms. The normalized spacial score (nSPS) is 16.7. The van der Waals surface area contributed by atoms with Crippen LogP contribution < -0.4 is 0 Å². The molecule has 0 saturated heterocycles. The van der Waals surface area contributed by atoms with Gasteiger partial charge in [-0.2, -0.15) is 0 Å². The number of hydrogen-bond donors (Lipinski definition) is 0. The van der Waals surface area contributed by atoms with Crippen molar-refractivity contribution in [2.24, 2.45) is 0 Å². The fourth-order valence-corrected chi connectivity index (χ4v) is 4.07. The fraction of sp³-hybridized carbons (Fsp3) is 0.615. The zero-order valence-corrected chi connectivity index (χ0v) is 12.7. The van der Waals surface area contributed by atoms with E-state index in [9.17, 15) is 4.79 Å². The Balaban J connectivity index is 2.03. The van der Waals surface area contributed by atoms with Gasteiger partial charge in [-0.05, 0) is 25.5 Å². The lowest BCUT2D eigenvalue weighted by molar-refractivity contribution is 0.0900. The van der Waals surface area contributed by atoms with Crippen molar-refractivity contribution in [1.29, 1.82) is 0 Å². The van der Waals surface area contributed by atoms with Crippen LogP contribution in [-0.2, 0) is 0 Å². The van der Waals surface area contributed by atoms with Gasteiger partial charge in [0, 0.05) is 6.04 Å². The summed E-state index contributed by atoms with van der Waals surface area (Å²) in [6.45, 7) is 3.47. The Bertz CT molecular complexity index is 427. The van der Waals surface area contributed by atoms with Crippen LogP contribution in [0.25, 0.3) is 0 Å². The first-order valence-electron chi connectivity index (χ1n) is 6.34. The molecule has 0 unspecified atom stereocenters. The molecule has 0 bridgehead atoms. The van der Waals surface area contributed by atoms with Crippen LogP contribution in [0.5, 0.6) is 0 Å². The van der Waals surface area contributed by atoms with E-state index in [2.05, 4.69) is 11.8 Å². The lowest BCUT2D eigenvalue weighted by atomic mass is 10.1. The number of carbonyl (C=O) groups excluding carboxylic acids is 1. The second-order valence-corrected chi connectivity index (χ2v) is 6.95. The van der Waals surface area contributed by atoms with Crippen LogP contribution in [0.4, 0.5) is 0 Å². The average molecular weight is 306 g/mol. The first-order valence-corrected chi connectivity index (χ1v) is 7.91. The van der Waals surface area contributed by atoms with Crippen LogP contribution in [-0.4, -0.2) is 29.8 Å². The third-order valence-corrected chi connectivity index (χ3v) is 5.04. The molecule has 0 atom stereocenters. The van der Waals surface area contributed by atoms with Gasteiger partial charge in [-0.25, -0.2) is 0 Å². The molecule has 0 amide bonds. The monoisotopic (exact) mass is 305 g/mol. The van der Waals surface area contributed by atoms with Crippen LogP contribution in [0.1, 0.15) is 43.0 Å². The first kappa shape index (κ1) is 14.3. The van der Waals surface area contributed by atoms with E-state index in [1.54, 1.807) is 6.07 Å². The number of Topliss-reactive ketones (excluding diaryl/α,β-unsaturated/α-hetero) is 1. The second kappa shape index (κ2) is 6.38. The van der Waals surface area contributed by atoms with Crippen LogP contribution in [0, 0.1) is 0 Å². The third kappa shape index (κ3) is 3.27. The maximum Gasteiger partial charge on any atom is 0.179 e. The highest BCUT2D eigenvalue weighted by Gasteiger charge is 2.24. The predicted octanol–water partition coefficient (Wildman–Crippen LogP) is 4.50. The van der Waals surface area contributed by atoms with E-state index in [0.29, 0.717) is 26.8 Å². The van der Waals surface area contributed by atoms with Crippen molar-refractivity contribution in [3.63, 3.8) is 0 Å². The summed E-state index contributed by atoms with van der Waals surface area (Å²) in [5, 5.41) is 0. The Kier molecular flexibility index (Phi) is 5.07. The van der Waals surface area contributed by atoms with Crippen molar-refractivity contribution in [1.82, 2.24) is 4.90 Å². The first-order chi connectivity index (χ1) is 8.61. The summed E-state index contributed by atoms with van der Waals surface area (Å²) in [6.07, 6.45) is 4.97. The molecule has 1 fully saturated rings. The number of rotatable bonds is 5. The Morgan fingerprint density at radius 3 is 2.61 bits per heavy atom. The fourth-order valence-electron chi connectivity index (χ4n) is 2.57. The molecule has 1 aromatic rings. The summed E-state index contributed by atoms with van der Waals surface area (Å²) in [5.41, 5.74) is 0.572. The second-order valence-electron chi connectivity index (χ2n) is 4.66. The molecule has 1 aliphatic rings. The Labute approximate surface area is 122 Å². The largest absolute Gasteiger partial charge is 0.293 e. The molecule has 5 heteroatoms. The standard InChI is InChI=1S/C13H17Cl2NOS/c1-2-16(9-5-3-4-6-9)8-11(17)10-7-12(14)18-13(10)15/h7,9H,2-6,8H2,1H3. The Morgan fingerprint density at radius 1 is 1.44 bits per heavy atom.